The molecule has 1 fully saturated rings. The smallest absolute Gasteiger partial charge is 0.261 e. The van der Waals surface area contributed by atoms with Crippen LogP contribution in [0.2, 0.25) is 0 Å². The maximum Gasteiger partial charge on any atom is 0.261 e. The summed E-state index contributed by atoms with van der Waals surface area (Å²) >= 11 is 1.22. The maximum absolute atomic E-state index is 11.9. The average molecular weight is 313 g/mol. The third-order valence-electron chi connectivity index (χ3n) is 3.07. The van der Waals surface area contributed by atoms with E-state index in [1.54, 1.807) is 12.1 Å². The number of thiophene rings is 1. The maximum atomic E-state index is 11.9. The van der Waals surface area contributed by atoms with Gasteiger partial charge >= 0.3 is 0 Å². The van der Waals surface area contributed by atoms with Crippen molar-refractivity contribution < 1.29 is 18.3 Å². The minimum Gasteiger partial charge on any atom is -0.384 e. The summed E-state index contributed by atoms with van der Waals surface area (Å²) in [5, 5.41) is 10.8. The van der Waals surface area contributed by atoms with Crippen LogP contribution in [-0.2, 0) is 9.84 Å². The summed E-state index contributed by atoms with van der Waals surface area (Å²) in [5.74, 6) is 5.16. The largest absolute Gasteiger partial charge is 0.384 e. The van der Waals surface area contributed by atoms with E-state index in [4.69, 9.17) is 5.11 Å². The van der Waals surface area contributed by atoms with E-state index in [1.165, 1.54) is 11.3 Å². The number of amides is 1. The number of carbonyl (C=O) groups is 1. The van der Waals surface area contributed by atoms with Gasteiger partial charge in [0, 0.05) is 6.54 Å². The Morgan fingerprint density at radius 2 is 2.30 bits per heavy atom. The molecule has 1 unspecified atom stereocenters. The first-order valence-corrected chi connectivity index (χ1v) is 8.75. The first-order chi connectivity index (χ1) is 9.53. The molecule has 2 rings (SSSR count). The quantitative estimate of drug-likeness (QED) is 0.791. The molecule has 1 atom stereocenters. The van der Waals surface area contributed by atoms with E-state index in [0.29, 0.717) is 22.6 Å². The minimum atomic E-state index is -3.03. The van der Waals surface area contributed by atoms with Crippen LogP contribution in [0.5, 0.6) is 0 Å². The van der Waals surface area contributed by atoms with Crippen LogP contribution in [0, 0.1) is 11.8 Å². The Bertz CT molecular complexity index is 651. The Balaban J connectivity index is 1.94. The Labute approximate surface area is 121 Å². The monoisotopic (exact) mass is 313 g/mol. The Kier molecular flexibility index (Phi) is 4.81. The van der Waals surface area contributed by atoms with Gasteiger partial charge in [-0.05, 0) is 25.0 Å². The van der Waals surface area contributed by atoms with Gasteiger partial charge in [0.25, 0.3) is 5.91 Å². The highest BCUT2D eigenvalue weighted by atomic mass is 32.2. The fourth-order valence-electron chi connectivity index (χ4n) is 2.03. The van der Waals surface area contributed by atoms with Gasteiger partial charge in [-0.2, -0.15) is 0 Å². The molecule has 2 N–H and O–H groups in total. The molecule has 0 bridgehead atoms. The molecule has 1 aromatic heterocycles. The van der Waals surface area contributed by atoms with E-state index in [-0.39, 0.29) is 24.8 Å². The predicted octanol–water partition coefficient (Wildman–Crippen LogP) is 0.399. The number of hydrogen-bond acceptors (Lipinski definition) is 5. The van der Waals surface area contributed by atoms with Gasteiger partial charge < -0.3 is 10.4 Å². The first-order valence-electron chi connectivity index (χ1n) is 6.22. The fourth-order valence-corrected chi connectivity index (χ4v) is 4.60. The Morgan fingerprint density at radius 3 is 2.95 bits per heavy atom. The zero-order valence-corrected chi connectivity index (χ0v) is 12.4. The van der Waals surface area contributed by atoms with Gasteiger partial charge in [-0.3, -0.25) is 4.79 Å². The van der Waals surface area contributed by atoms with Crippen LogP contribution in [0.25, 0.3) is 0 Å². The van der Waals surface area contributed by atoms with Crippen molar-refractivity contribution in [2.75, 3.05) is 18.9 Å². The summed E-state index contributed by atoms with van der Waals surface area (Å²) in [6, 6.07) is 3.35. The molecule has 5 nitrogen and oxygen atoms in total. The summed E-state index contributed by atoms with van der Waals surface area (Å²) in [7, 11) is -3.03. The topological polar surface area (TPSA) is 83.5 Å². The average Bonchev–Trinajstić information content (AvgIpc) is 3.00. The summed E-state index contributed by atoms with van der Waals surface area (Å²) in [5.41, 5.74) is 0. The van der Waals surface area contributed by atoms with Crippen LogP contribution >= 0.6 is 11.3 Å². The summed E-state index contributed by atoms with van der Waals surface area (Å²) in [4.78, 5) is 13.1. The second-order valence-electron chi connectivity index (χ2n) is 4.47. The minimum absolute atomic E-state index is 0.163. The number of sulfone groups is 1. The molecule has 0 saturated carbocycles. The number of nitrogens with one attached hydrogen (secondary N) is 1. The number of rotatable bonds is 3. The van der Waals surface area contributed by atoms with Gasteiger partial charge in [0.2, 0.25) is 0 Å². The molecular weight excluding hydrogens is 298 g/mol. The van der Waals surface area contributed by atoms with Crippen molar-refractivity contribution in [3.8, 4) is 11.8 Å². The van der Waals surface area contributed by atoms with Crippen LogP contribution in [0.1, 0.15) is 27.4 Å². The van der Waals surface area contributed by atoms with Gasteiger partial charge in [0.05, 0.1) is 20.8 Å². The van der Waals surface area contributed by atoms with E-state index in [9.17, 15) is 13.2 Å². The second kappa shape index (κ2) is 6.39. The number of aliphatic hydroxyl groups excluding tert-OH is 1. The number of carbonyl (C=O) groups excluding carboxylic acids is 1. The van der Waals surface area contributed by atoms with Crippen molar-refractivity contribution in [1.82, 2.24) is 5.32 Å². The van der Waals surface area contributed by atoms with E-state index in [0.717, 1.165) is 0 Å². The predicted molar refractivity (Wildman–Crippen MR) is 77.4 cm³/mol. The van der Waals surface area contributed by atoms with Crippen molar-refractivity contribution >= 4 is 27.1 Å². The zero-order chi connectivity index (χ0) is 14.6. The molecule has 1 aliphatic heterocycles. The first kappa shape index (κ1) is 15.0. The van der Waals surface area contributed by atoms with Crippen molar-refractivity contribution in [2.24, 2.45) is 0 Å². The molecule has 108 valence electrons. The van der Waals surface area contributed by atoms with Crippen molar-refractivity contribution in [3.63, 3.8) is 0 Å². The lowest BCUT2D eigenvalue weighted by Gasteiger charge is -2.09. The molecule has 0 aromatic carbocycles. The van der Waals surface area contributed by atoms with Crippen molar-refractivity contribution in [2.45, 2.75) is 18.1 Å². The van der Waals surface area contributed by atoms with Gasteiger partial charge in [-0.1, -0.05) is 11.8 Å². The number of aliphatic hydroxyl groups is 1. The highest BCUT2D eigenvalue weighted by molar-refractivity contribution is 7.92. The van der Waals surface area contributed by atoms with Gasteiger partial charge in [-0.25, -0.2) is 8.42 Å². The van der Waals surface area contributed by atoms with Crippen LogP contribution in [0.4, 0.5) is 0 Å². The van der Waals surface area contributed by atoms with Crippen LogP contribution in [0.3, 0.4) is 0 Å². The molecule has 1 amide bonds. The van der Waals surface area contributed by atoms with E-state index in [2.05, 4.69) is 17.2 Å². The van der Waals surface area contributed by atoms with Crippen molar-refractivity contribution in [1.29, 1.82) is 0 Å². The normalized spacial score (nSPS) is 20.1. The SMILES string of the molecule is O=C(NCC1CCCS1(=O)=O)c1ccc(C#CCO)s1. The molecular formula is C13H15NO4S2. The van der Waals surface area contributed by atoms with E-state index >= 15 is 0 Å². The molecule has 1 saturated heterocycles. The third kappa shape index (κ3) is 3.60. The molecule has 1 aromatic rings. The Hall–Kier alpha value is -1.36. The fraction of sp³-hybridized carbons (Fsp3) is 0.462. The standard InChI is InChI=1S/C13H15NO4S2/c15-7-1-3-10-5-6-12(19-10)13(16)14-9-11-4-2-8-20(11,17)18/h5-6,11,15H,2,4,7-9H2,(H,14,16). The molecule has 20 heavy (non-hydrogen) atoms. The highest BCUT2D eigenvalue weighted by Gasteiger charge is 2.31. The molecule has 0 radical (unpaired) electrons. The summed E-state index contributed by atoms with van der Waals surface area (Å²) in [6.07, 6.45) is 1.28. The van der Waals surface area contributed by atoms with Gasteiger partial charge in [0.1, 0.15) is 6.61 Å². The van der Waals surface area contributed by atoms with E-state index < -0.39 is 15.1 Å². The summed E-state index contributed by atoms with van der Waals surface area (Å²) < 4.78 is 23.3. The number of hydrogen-bond donors (Lipinski definition) is 2. The lowest BCUT2D eigenvalue weighted by atomic mass is 10.2. The molecule has 0 aliphatic carbocycles. The lowest BCUT2D eigenvalue weighted by Crippen LogP contribution is -2.34. The molecule has 0 spiro atoms. The van der Waals surface area contributed by atoms with Crippen LogP contribution in [0.15, 0.2) is 12.1 Å². The second-order valence-corrected chi connectivity index (χ2v) is 7.95. The zero-order valence-electron chi connectivity index (χ0n) is 10.8. The molecule has 7 heteroatoms. The molecule has 2 heterocycles. The van der Waals surface area contributed by atoms with Gasteiger partial charge in [-0.15, -0.1) is 11.3 Å². The van der Waals surface area contributed by atoms with Crippen LogP contribution < -0.4 is 5.32 Å². The van der Waals surface area contributed by atoms with Crippen molar-refractivity contribution in [3.05, 3.63) is 21.9 Å². The third-order valence-corrected chi connectivity index (χ3v) is 6.35. The van der Waals surface area contributed by atoms with E-state index in [1.807, 2.05) is 0 Å². The Morgan fingerprint density at radius 1 is 1.50 bits per heavy atom. The highest BCUT2D eigenvalue weighted by Crippen LogP contribution is 2.20. The van der Waals surface area contributed by atoms with Crippen LogP contribution in [-0.4, -0.2) is 43.6 Å². The lowest BCUT2D eigenvalue weighted by molar-refractivity contribution is 0.0957. The summed E-state index contributed by atoms with van der Waals surface area (Å²) in [6.45, 7) is -0.0598. The molecule has 1 aliphatic rings. The van der Waals surface area contributed by atoms with Gasteiger partial charge in [0.15, 0.2) is 9.84 Å².